The molecule has 1 amide bonds. The van der Waals surface area contributed by atoms with Crippen molar-refractivity contribution in [2.24, 2.45) is 10.7 Å². The zero-order chi connectivity index (χ0) is 16.5. The summed E-state index contributed by atoms with van der Waals surface area (Å²) >= 11 is 0. The number of hydrogen-bond donors (Lipinski definition) is 3. The summed E-state index contributed by atoms with van der Waals surface area (Å²) < 4.78 is 0. The summed E-state index contributed by atoms with van der Waals surface area (Å²) in [5, 5.41) is 6.14. The number of carbonyl (C=O) groups is 1. The highest BCUT2D eigenvalue weighted by molar-refractivity contribution is 14.0. The number of nitrogens with one attached hydrogen (secondary N) is 2. The number of aliphatic imine (C=N–C) groups is 1. The standard InChI is InChI=1S/C18H28N4O.HI/c1-2-20-17(23)15-9-7-8-14(12-15)13-21-18(19)22-16-10-5-3-4-6-11-16;/h7-9,12,16H,2-6,10-11,13H2,1H3,(H,20,23)(H3,19,21,22);1H. The first-order valence-corrected chi connectivity index (χ1v) is 8.62. The fraction of sp³-hybridized carbons (Fsp3) is 0.556. The van der Waals surface area contributed by atoms with Gasteiger partial charge in [-0.2, -0.15) is 0 Å². The molecule has 1 fully saturated rings. The van der Waals surface area contributed by atoms with Crippen molar-refractivity contribution in [3.63, 3.8) is 0 Å². The van der Waals surface area contributed by atoms with Gasteiger partial charge in [-0.3, -0.25) is 4.79 Å². The van der Waals surface area contributed by atoms with E-state index in [1.54, 1.807) is 0 Å². The van der Waals surface area contributed by atoms with Gasteiger partial charge in [-0.05, 0) is 37.5 Å². The summed E-state index contributed by atoms with van der Waals surface area (Å²) in [7, 11) is 0. The molecular weight excluding hydrogens is 415 g/mol. The first-order valence-electron chi connectivity index (χ1n) is 8.62. The molecule has 1 aromatic carbocycles. The highest BCUT2D eigenvalue weighted by Gasteiger charge is 2.12. The number of amides is 1. The Hall–Kier alpha value is -1.31. The molecule has 0 heterocycles. The van der Waals surface area contributed by atoms with Crippen LogP contribution in [0, 0.1) is 0 Å². The fourth-order valence-corrected chi connectivity index (χ4v) is 2.93. The molecule has 1 aliphatic rings. The minimum Gasteiger partial charge on any atom is -0.370 e. The summed E-state index contributed by atoms with van der Waals surface area (Å²) in [5.41, 5.74) is 7.66. The molecule has 2 rings (SSSR count). The van der Waals surface area contributed by atoms with Crippen molar-refractivity contribution < 1.29 is 4.79 Å². The topological polar surface area (TPSA) is 79.5 Å². The summed E-state index contributed by atoms with van der Waals surface area (Å²) in [6.45, 7) is 3.02. The van der Waals surface area contributed by atoms with Gasteiger partial charge < -0.3 is 16.4 Å². The van der Waals surface area contributed by atoms with Crippen LogP contribution in [0.3, 0.4) is 0 Å². The Morgan fingerprint density at radius 2 is 1.96 bits per heavy atom. The lowest BCUT2D eigenvalue weighted by molar-refractivity contribution is 0.0955. The van der Waals surface area contributed by atoms with Crippen LogP contribution in [0.15, 0.2) is 29.3 Å². The van der Waals surface area contributed by atoms with Gasteiger partial charge in [0.15, 0.2) is 5.96 Å². The van der Waals surface area contributed by atoms with Gasteiger partial charge in [0.1, 0.15) is 0 Å². The molecule has 1 saturated carbocycles. The maximum atomic E-state index is 11.8. The average molecular weight is 444 g/mol. The van der Waals surface area contributed by atoms with E-state index in [9.17, 15) is 4.79 Å². The molecule has 4 N–H and O–H groups in total. The van der Waals surface area contributed by atoms with Crippen LogP contribution in [-0.4, -0.2) is 24.5 Å². The van der Waals surface area contributed by atoms with Crippen LogP contribution in [-0.2, 0) is 6.54 Å². The zero-order valence-electron chi connectivity index (χ0n) is 14.4. The van der Waals surface area contributed by atoms with Crippen LogP contribution in [0.1, 0.15) is 61.4 Å². The quantitative estimate of drug-likeness (QED) is 0.283. The van der Waals surface area contributed by atoms with Gasteiger partial charge in [0, 0.05) is 18.2 Å². The second kappa shape index (κ2) is 11.3. The van der Waals surface area contributed by atoms with Gasteiger partial charge in [0.05, 0.1) is 6.54 Å². The van der Waals surface area contributed by atoms with E-state index in [4.69, 9.17) is 5.73 Å². The van der Waals surface area contributed by atoms with E-state index >= 15 is 0 Å². The number of hydrogen-bond acceptors (Lipinski definition) is 2. The Morgan fingerprint density at radius 3 is 2.62 bits per heavy atom. The lowest BCUT2D eigenvalue weighted by Gasteiger charge is -2.16. The Balaban J connectivity index is 0.00000288. The molecule has 6 heteroatoms. The number of carbonyl (C=O) groups excluding carboxylic acids is 1. The molecule has 1 aromatic rings. The molecule has 134 valence electrons. The Labute approximate surface area is 161 Å². The number of nitrogens with two attached hydrogens (primary N) is 1. The molecule has 0 radical (unpaired) electrons. The van der Waals surface area contributed by atoms with Crippen molar-refractivity contribution in [2.45, 2.75) is 58.0 Å². The largest absolute Gasteiger partial charge is 0.370 e. The minimum absolute atomic E-state index is 0. The third kappa shape index (κ3) is 7.07. The molecule has 0 aliphatic heterocycles. The second-order valence-electron chi connectivity index (χ2n) is 6.09. The molecule has 0 atom stereocenters. The van der Waals surface area contributed by atoms with E-state index in [1.807, 2.05) is 31.2 Å². The number of benzene rings is 1. The summed E-state index contributed by atoms with van der Waals surface area (Å²) in [5.74, 6) is 0.447. The number of halogens is 1. The molecule has 0 saturated heterocycles. The van der Waals surface area contributed by atoms with Crippen molar-refractivity contribution >= 4 is 35.8 Å². The number of nitrogens with zero attached hydrogens (tertiary/aromatic N) is 1. The Morgan fingerprint density at radius 1 is 1.25 bits per heavy atom. The molecule has 0 unspecified atom stereocenters. The van der Waals surface area contributed by atoms with Gasteiger partial charge in [0.2, 0.25) is 0 Å². The molecule has 1 aliphatic carbocycles. The van der Waals surface area contributed by atoms with Gasteiger partial charge in [-0.15, -0.1) is 24.0 Å². The summed E-state index contributed by atoms with van der Waals surface area (Å²) in [6.07, 6.45) is 7.51. The van der Waals surface area contributed by atoms with Crippen LogP contribution in [0.2, 0.25) is 0 Å². The van der Waals surface area contributed by atoms with Gasteiger partial charge >= 0.3 is 0 Å². The second-order valence-corrected chi connectivity index (χ2v) is 6.09. The van der Waals surface area contributed by atoms with Crippen molar-refractivity contribution in [2.75, 3.05) is 6.54 Å². The smallest absolute Gasteiger partial charge is 0.251 e. The van der Waals surface area contributed by atoms with E-state index < -0.39 is 0 Å². The number of guanidine groups is 1. The van der Waals surface area contributed by atoms with Crippen molar-refractivity contribution in [1.82, 2.24) is 10.6 Å². The lowest BCUT2D eigenvalue weighted by atomic mass is 10.1. The first kappa shape index (κ1) is 20.7. The third-order valence-corrected chi connectivity index (χ3v) is 4.17. The van der Waals surface area contributed by atoms with E-state index in [1.165, 1.54) is 38.5 Å². The molecule has 5 nitrogen and oxygen atoms in total. The van der Waals surface area contributed by atoms with Gasteiger partial charge in [0.25, 0.3) is 5.91 Å². The predicted molar refractivity (Wildman–Crippen MR) is 110 cm³/mol. The predicted octanol–water partition coefficient (Wildman–Crippen LogP) is 3.18. The maximum absolute atomic E-state index is 11.8. The maximum Gasteiger partial charge on any atom is 0.251 e. The van der Waals surface area contributed by atoms with Crippen LogP contribution in [0.5, 0.6) is 0 Å². The SMILES string of the molecule is CCNC(=O)c1cccc(CN=C(N)NC2CCCCCC2)c1.I. The molecular formula is C18H29IN4O. The van der Waals surface area contributed by atoms with Crippen LogP contribution in [0.25, 0.3) is 0 Å². The fourth-order valence-electron chi connectivity index (χ4n) is 2.93. The van der Waals surface area contributed by atoms with E-state index in [0.717, 1.165) is 5.56 Å². The van der Waals surface area contributed by atoms with E-state index in [0.29, 0.717) is 30.7 Å². The first-order chi connectivity index (χ1) is 11.2. The van der Waals surface area contributed by atoms with E-state index in [2.05, 4.69) is 15.6 Å². The van der Waals surface area contributed by atoms with Crippen molar-refractivity contribution in [3.8, 4) is 0 Å². The number of rotatable bonds is 5. The molecule has 24 heavy (non-hydrogen) atoms. The highest BCUT2D eigenvalue weighted by Crippen LogP contribution is 2.17. The lowest BCUT2D eigenvalue weighted by Crippen LogP contribution is -2.39. The minimum atomic E-state index is -0.0529. The van der Waals surface area contributed by atoms with Crippen LogP contribution in [0.4, 0.5) is 0 Å². The molecule has 0 bridgehead atoms. The van der Waals surface area contributed by atoms with Gasteiger partial charge in [-0.25, -0.2) is 4.99 Å². The average Bonchev–Trinajstić information content (AvgIpc) is 2.82. The van der Waals surface area contributed by atoms with Crippen LogP contribution < -0.4 is 16.4 Å². The molecule has 0 aromatic heterocycles. The van der Waals surface area contributed by atoms with E-state index in [-0.39, 0.29) is 29.9 Å². The van der Waals surface area contributed by atoms with Crippen molar-refractivity contribution in [3.05, 3.63) is 35.4 Å². The summed E-state index contributed by atoms with van der Waals surface area (Å²) in [6, 6.07) is 7.97. The third-order valence-electron chi connectivity index (χ3n) is 4.17. The monoisotopic (exact) mass is 444 g/mol. The van der Waals surface area contributed by atoms with Gasteiger partial charge in [-0.1, -0.05) is 37.8 Å². The van der Waals surface area contributed by atoms with Crippen LogP contribution >= 0.6 is 24.0 Å². The van der Waals surface area contributed by atoms with Crippen molar-refractivity contribution in [1.29, 1.82) is 0 Å². The Bertz CT molecular complexity index is 540. The normalized spacial score (nSPS) is 16.0. The Kier molecular flexibility index (Phi) is 9.75. The highest BCUT2D eigenvalue weighted by atomic mass is 127. The summed E-state index contributed by atoms with van der Waals surface area (Å²) in [4.78, 5) is 16.3. The molecule has 0 spiro atoms. The zero-order valence-corrected chi connectivity index (χ0v) is 16.7.